The molecule has 9 nitrogen and oxygen atoms in total. The van der Waals surface area contributed by atoms with Crippen molar-refractivity contribution in [3.63, 3.8) is 0 Å². The molecule has 2 aliphatic rings. The summed E-state index contributed by atoms with van der Waals surface area (Å²) >= 11 is 0. The quantitative estimate of drug-likeness (QED) is 0.724. The summed E-state index contributed by atoms with van der Waals surface area (Å²) in [7, 11) is 1.58. The maximum atomic E-state index is 12.9. The Labute approximate surface area is 181 Å². The van der Waals surface area contributed by atoms with Crippen molar-refractivity contribution in [3.8, 4) is 0 Å². The van der Waals surface area contributed by atoms with Crippen LogP contribution in [0.25, 0.3) is 0 Å². The van der Waals surface area contributed by atoms with E-state index < -0.39 is 6.09 Å². The number of rotatable bonds is 5. The van der Waals surface area contributed by atoms with E-state index in [0.29, 0.717) is 31.1 Å². The predicted octanol–water partition coefficient (Wildman–Crippen LogP) is 2.03. The standard InChI is InChI=1S/C22H27N5O4/c1-15-10-16(2)20(24-11-15)25-6-8-26(9-7-25)21(28)17-4-5-19(23-12-17)27-18(13-30-3)14-31-22(27)29/h4-5,10-12,18H,6-9,13-14H2,1-3H3. The number of carbonyl (C=O) groups excluding carboxylic acids is 2. The van der Waals surface area contributed by atoms with Crippen molar-refractivity contribution in [3.05, 3.63) is 47.3 Å². The minimum atomic E-state index is -0.454. The molecule has 1 atom stereocenters. The van der Waals surface area contributed by atoms with E-state index in [2.05, 4.69) is 27.9 Å². The van der Waals surface area contributed by atoms with E-state index >= 15 is 0 Å². The monoisotopic (exact) mass is 425 g/mol. The zero-order valence-corrected chi connectivity index (χ0v) is 18.1. The van der Waals surface area contributed by atoms with Crippen LogP contribution in [0.15, 0.2) is 30.6 Å². The fourth-order valence-corrected chi connectivity index (χ4v) is 4.05. The normalized spacial score (nSPS) is 19.0. The van der Waals surface area contributed by atoms with Crippen molar-refractivity contribution < 1.29 is 19.1 Å². The summed E-state index contributed by atoms with van der Waals surface area (Å²) in [6.45, 7) is 7.40. The summed E-state index contributed by atoms with van der Waals surface area (Å²) < 4.78 is 10.3. The van der Waals surface area contributed by atoms with Crippen LogP contribution in [0.2, 0.25) is 0 Å². The summed E-state index contributed by atoms with van der Waals surface area (Å²) in [5.74, 6) is 1.36. The topological polar surface area (TPSA) is 88.1 Å². The van der Waals surface area contributed by atoms with Gasteiger partial charge < -0.3 is 19.3 Å². The first-order valence-electron chi connectivity index (χ1n) is 10.4. The third kappa shape index (κ3) is 4.32. The highest BCUT2D eigenvalue weighted by Gasteiger charge is 2.35. The molecular formula is C22H27N5O4. The summed E-state index contributed by atoms with van der Waals surface area (Å²) in [5.41, 5.74) is 2.78. The van der Waals surface area contributed by atoms with Crippen LogP contribution in [0.3, 0.4) is 0 Å². The van der Waals surface area contributed by atoms with Crippen molar-refractivity contribution in [1.29, 1.82) is 0 Å². The van der Waals surface area contributed by atoms with Crippen molar-refractivity contribution in [2.75, 3.05) is 56.3 Å². The van der Waals surface area contributed by atoms with E-state index in [1.165, 1.54) is 11.1 Å². The van der Waals surface area contributed by atoms with Gasteiger partial charge in [0, 0.05) is 45.7 Å². The van der Waals surface area contributed by atoms with Crippen molar-refractivity contribution in [1.82, 2.24) is 14.9 Å². The highest BCUT2D eigenvalue weighted by molar-refractivity contribution is 5.95. The lowest BCUT2D eigenvalue weighted by Crippen LogP contribution is -2.49. The van der Waals surface area contributed by atoms with Gasteiger partial charge in [0.25, 0.3) is 5.91 Å². The molecule has 0 radical (unpaired) electrons. The molecule has 4 rings (SSSR count). The van der Waals surface area contributed by atoms with Gasteiger partial charge in [-0.2, -0.15) is 0 Å². The summed E-state index contributed by atoms with van der Waals surface area (Å²) in [4.78, 5) is 39.4. The van der Waals surface area contributed by atoms with E-state index in [0.717, 1.165) is 30.0 Å². The van der Waals surface area contributed by atoms with Gasteiger partial charge in [0.05, 0.1) is 18.2 Å². The van der Waals surface area contributed by atoms with Crippen molar-refractivity contribution >= 4 is 23.6 Å². The molecule has 9 heteroatoms. The number of methoxy groups -OCH3 is 1. The molecule has 4 heterocycles. The molecule has 0 aliphatic carbocycles. The molecule has 2 aromatic heterocycles. The number of ether oxygens (including phenoxy) is 2. The van der Waals surface area contributed by atoms with Gasteiger partial charge in [0.15, 0.2) is 0 Å². The lowest BCUT2D eigenvalue weighted by Gasteiger charge is -2.36. The smallest absolute Gasteiger partial charge is 0.416 e. The Kier molecular flexibility index (Phi) is 6.03. The zero-order valence-electron chi connectivity index (χ0n) is 18.1. The molecule has 0 aromatic carbocycles. The number of aryl methyl sites for hydroxylation is 2. The van der Waals surface area contributed by atoms with E-state index in [-0.39, 0.29) is 18.6 Å². The maximum absolute atomic E-state index is 12.9. The molecule has 0 saturated carbocycles. The van der Waals surface area contributed by atoms with Crippen molar-refractivity contribution in [2.45, 2.75) is 19.9 Å². The van der Waals surface area contributed by atoms with Crippen LogP contribution in [-0.4, -0.2) is 79.4 Å². The Morgan fingerprint density at radius 1 is 1.16 bits per heavy atom. The fourth-order valence-electron chi connectivity index (χ4n) is 4.05. The predicted molar refractivity (Wildman–Crippen MR) is 116 cm³/mol. The van der Waals surface area contributed by atoms with Gasteiger partial charge in [0.2, 0.25) is 0 Å². The van der Waals surface area contributed by atoms with Crippen LogP contribution in [-0.2, 0) is 9.47 Å². The molecule has 2 aromatic rings. The lowest BCUT2D eigenvalue weighted by atomic mass is 10.2. The van der Waals surface area contributed by atoms with Gasteiger partial charge in [-0.3, -0.25) is 9.69 Å². The molecule has 2 fully saturated rings. The Morgan fingerprint density at radius 2 is 1.94 bits per heavy atom. The summed E-state index contributed by atoms with van der Waals surface area (Å²) in [6, 6.07) is 5.29. The SMILES string of the molecule is COCC1COC(=O)N1c1ccc(C(=O)N2CCN(c3ncc(C)cc3C)CC2)cn1. The van der Waals surface area contributed by atoms with Gasteiger partial charge in [-0.05, 0) is 37.1 Å². The van der Waals surface area contributed by atoms with Crippen LogP contribution >= 0.6 is 0 Å². The average molecular weight is 425 g/mol. The Hall–Kier alpha value is -3.20. The lowest BCUT2D eigenvalue weighted by molar-refractivity contribution is 0.0746. The minimum absolute atomic E-state index is 0.0651. The number of anilines is 2. The van der Waals surface area contributed by atoms with Gasteiger partial charge in [-0.25, -0.2) is 14.8 Å². The number of carbonyl (C=O) groups is 2. The Balaban J connectivity index is 1.39. The molecular weight excluding hydrogens is 398 g/mol. The van der Waals surface area contributed by atoms with E-state index in [9.17, 15) is 9.59 Å². The second kappa shape index (κ2) is 8.89. The molecule has 2 aliphatic heterocycles. The number of piperazine rings is 1. The van der Waals surface area contributed by atoms with Crippen LogP contribution in [0, 0.1) is 13.8 Å². The summed E-state index contributed by atoms with van der Waals surface area (Å²) in [6.07, 6.45) is 2.94. The molecule has 164 valence electrons. The average Bonchev–Trinajstić information content (AvgIpc) is 3.14. The minimum Gasteiger partial charge on any atom is -0.447 e. The summed E-state index contributed by atoms with van der Waals surface area (Å²) in [5, 5.41) is 0. The third-order valence-electron chi connectivity index (χ3n) is 5.62. The third-order valence-corrected chi connectivity index (χ3v) is 5.62. The molecule has 2 amide bonds. The van der Waals surface area contributed by atoms with Crippen LogP contribution in [0.5, 0.6) is 0 Å². The highest BCUT2D eigenvalue weighted by atomic mass is 16.6. The number of hydrogen-bond donors (Lipinski definition) is 0. The Bertz CT molecular complexity index is 957. The van der Waals surface area contributed by atoms with E-state index in [1.54, 1.807) is 19.2 Å². The van der Waals surface area contributed by atoms with Gasteiger partial charge >= 0.3 is 6.09 Å². The fraction of sp³-hybridized carbons (Fsp3) is 0.455. The van der Waals surface area contributed by atoms with Crippen LogP contribution < -0.4 is 9.80 Å². The first-order chi connectivity index (χ1) is 15.0. The molecule has 1 unspecified atom stereocenters. The van der Waals surface area contributed by atoms with Crippen LogP contribution in [0.1, 0.15) is 21.5 Å². The molecule has 0 N–H and O–H groups in total. The number of aromatic nitrogens is 2. The molecule has 2 saturated heterocycles. The molecule has 31 heavy (non-hydrogen) atoms. The maximum Gasteiger partial charge on any atom is 0.416 e. The van der Waals surface area contributed by atoms with Gasteiger partial charge in [-0.15, -0.1) is 0 Å². The number of nitrogens with zero attached hydrogens (tertiary/aromatic N) is 5. The van der Waals surface area contributed by atoms with Crippen molar-refractivity contribution in [2.24, 2.45) is 0 Å². The number of hydrogen-bond acceptors (Lipinski definition) is 7. The van der Waals surface area contributed by atoms with Gasteiger partial charge in [-0.1, -0.05) is 6.07 Å². The number of pyridine rings is 2. The number of amides is 2. The van der Waals surface area contributed by atoms with Crippen LogP contribution in [0.4, 0.5) is 16.4 Å². The molecule has 0 bridgehead atoms. The Morgan fingerprint density at radius 3 is 2.58 bits per heavy atom. The second-order valence-electron chi connectivity index (χ2n) is 7.89. The van der Waals surface area contributed by atoms with Gasteiger partial charge in [0.1, 0.15) is 18.2 Å². The highest BCUT2D eigenvalue weighted by Crippen LogP contribution is 2.23. The zero-order chi connectivity index (χ0) is 22.0. The van der Waals surface area contributed by atoms with E-state index in [4.69, 9.17) is 9.47 Å². The molecule has 0 spiro atoms. The number of cyclic esters (lactones) is 1. The van der Waals surface area contributed by atoms with E-state index in [1.807, 2.05) is 18.0 Å². The largest absolute Gasteiger partial charge is 0.447 e. The first-order valence-corrected chi connectivity index (χ1v) is 10.4. The second-order valence-corrected chi connectivity index (χ2v) is 7.89. The first kappa shape index (κ1) is 21.0.